The van der Waals surface area contributed by atoms with Gasteiger partial charge in [0.25, 0.3) is 0 Å². The highest BCUT2D eigenvalue weighted by molar-refractivity contribution is 7.07. The number of likely N-dealkylation sites (N-methyl/N-ethyl adjacent to an activating group) is 1. The van der Waals surface area contributed by atoms with Crippen LogP contribution in [0.4, 0.5) is 4.79 Å². The van der Waals surface area contributed by atoms with E-state index in [0.29, 0.717) is 6.54 Å². The second-order valence-corrected chi connectivity index (χ2v) is 8.21. The first-order chi connectivity index (χ1) is 13.1. The molecule has 27 heavy (non-hydrogen) atoms. The molecule has 5 nitrogen and oxygen atoms in total. The third kappa shape index (κ3) is 6.06. The summed E-state index contributed by atoms with van der Waals surface area (Å²) in [6.07, 6.45) is 2.00. The van der Waals surface area contributed by atoms with Gasteiger partial charge in [-0.1, -0.05) is 30.3 Å². The minimum absolute atomic E-state index is 0.0569. The van der Waals surface area contributed by atoms with Gasteiger partial charge in [-0.25, -0.2) is 4.79 Å². The van der Waals surface area contributed by atoms with Gasteiger partial charge >= 0.3 is 6.03 Å². The van der Waals surface area contributed by atoms with Gasteiger partial charge in [0.05, 0.1) is 6.04 Å². The zero-order valence-corrected chi connectivity index (χ0v) is 17.0. The minimum atomic E-state index is -0.0569. The van der Waals surface area contributed by atoms with Gasteiger partial charge in [0.15, 0.2) is 0 Å². The van der Waals surface area contributed by atoms with Crippen LogP contribution in [0.15, 0.2) is 47.2 Å². The van der Waals surface area contributed by atoms with Crippen LogP contribution in [0.1, 0.15) is 30.0 Å². The predicted octanol–water partition coefficient (Wildman–Crippen LogP) is 3.31. The van der Waals surface area contributed by atoms with Crippen molar-refractivity contribution in [1.29, 1.82) is 0 Å². The maximum absolute atomic E-state index is 12.3. The van der Waals surface area contributed by atoms with Crippen molar-refractivity contribution in [3.63, 3.8) is 0 Å². The number of likely N-dealkylation sites (tertiary alicyclic amines) is 1. The van der Waals surface area contributed by atoms with Crippen LogP contribution in [0, 0.1) is 0 Å². The Morgan fingerprint density at radius 2 is 1.96 bits per heavy atom. The number of piperidine rings is 1. The Labute approximate surface area is 166 Å². The van der Waals surface area contributed by atoms with E-state index in [9.17, 15) is 4.79 Å². The monoisotopic (exact) mass is 386 g/mol. The van der Waals surface area contributed by atoms with Crippen LogP contribution in [0.25, 0.3) is 0 Å². The smallest absolute Gasteiger partial charge is 0.315 e. The normalized spacial score (nSPS) is 17.0. The topological polar surface area (TPSA) is 47.6 Å². The molecule has 1 fully saturated rings. The molecule has 2 aromatic rings. The lowest BCUT2D eigenvalue weighted by Crippen LogP contribution is -2.48. The van der Waals surface area contributed by atoms with Crippen LogP contribution < -0.4 is 10.6 Å². The Hall–Kier alpha value is -1.89. The Bertz CT molecular complexity index is 681. The van der Waals surface area contributed by atoms with Gasteiger partial charge in [-0.05, 0) is 54.9 Å². The Balaban J connectivity index is 1.39. The number of hydrogen-bond acceptors (Lipinski definition) is 4. The molecule has 3 rings (SSSR count). The highest BCUT2D eigenvalue weighted by atomic mass is 32.1. The van der Waals surface area contributed by atoms with Crippen LogP contribution in [-0.2, 0) is 6.54 Å². The molecule has 1 saturated heterocycles. The highest BCUT2D eigenvalue weighted by Crippen LogP contribution is 2.20. The second-order valence-electron chi connectivity index (χ2n) is 7.43. The highest BCUT2D eigenvalue weighted by Gasteiger charge is 2.21. The summed E-state index contributed by atoms with van der Waals surface area (Å²) >= 11 is 1.69. The van der Waals surface area contributed by atoms with Crippen molar-refractivity contribution in [1.82, 2.24) is 20.4 Å². The number of nitrogens with zero attached hydrogens (tertiary/aromatic N) is 2. The number of rotatable bonds is 7. The maximum Gasteiger partial charge on any atom is 0.315 e. The number of amides is 2. The number of urea groups is 1. The molecule has 0 saturated carbocycles. The first kappa shape index (κ1) is 19.9. The fourth-order valence-corrected chi connectivity index (χ4v) is 4.27. The Morgan fingerprint density at radius 1 is 1.22 bits per heavy atom. The molecule has 2 amide bonds. The summed E-state index contributed by atoms with van der Waals surface area (Å²) in [6, 6.07) is 13.1. The fraction of sp³-hybridized carbons (Fsp3) is 0.476. The average molecular weight is 387 g/mol. The first-order valence-corrected chi connectivity index (χ1v) is 10.6. The summed E-state index contributed by atoms with van der Waals surface area (Å²) in [6.45, 7) is 3.65. The van der Waals surface area contributed by atoms with E-state index in [4.69, 9.17) is 0 Å². The molecule has 1 aromatic heterocycles. The van der Waals surface area contributed by atoms with Crippen molar-refractivity contribution in [2.45, 2.75) is 31.5 Å². The molecule has 0 aliphatic carbocycles. The van der Waals surface area contributed by atoms with E-state index in [-0.39, 0.29) is 18.1 Å². The predicted molar refractivity (Wildman–Crippen MR) is 112 cm³/mol. The van der Waals surface area contributed by atoms with Crippen molar-refractivity contribution >= 4 is 17.4 Å². The van der Waals surface area contributed by atoms with Gasteiger partial charge in [-0.15, -0.1) is 0 Å². The zero-order chi connectivity index (χ0) is 19.1. The molecular weight excluding hydrogens is 356 g/mol. The molecule has 0 unspecified atom stereocenters. The lowest BCUT2D eigenvalue weighted by Gasteiger charge is -2.32. The van der Waals surface area contributed by atoms with E-state index in [1.165, 1.54) is 11.1 Å². The van der Waals surface area contributed by atoms with Crippen molar-refractivity contribution in [3.8, 4) is 0 Å². The number of nitrogens with one attached hydrogen (secondary N) is 2. The number of carbonyl (C=O) groups is 1. The largest absolute Gasteiger partial charge is 0.336 e. The summed E-state index contributed by atoms with van der Waals surface area (Å²) < 4.78 is 0. The van der Waals surface area contributed by atoms with Crippen LogP contribution in [0.2, 0.25) is 0 Å². The van der Waals surface area contributed by atoms with Gasteiger partial charge < -0.3 is 15.5 Å². The SMILES string of the molecule is CN(C)[C@@H](CNC(=O)NC1CCN(Cc2ccccc2)CC1)c1ccsc1. The van der Waals surface area contributed by atoms with Crippen LogP contribution >= 0.6 is 11.3 Å². The molecule has 6 heteroatoms. The molecule has 0 spiro atoms. The Morgan fingerprint density at radius 3 is 2.59 bits per heavy atom. The number of benzene rings is 1. The quantitative estimate of drug-likeness (QED) is 0.767. The van der Waals surface area contributed by atoms with Gasteiger partial charge in [0.1, 0.15) is 0 Å². The van der Waals surface area contributed by atoms with E-state index in [2.05, 4.69) is 67.6 Å². The lowest BCUT2D eigenvalue weighted by molar-refractivity contribution is 0.185. The molecule has 0 bridgehead atoms. The summed E-state index contributed by atoms with van der Waals surface area (Å²) in [5.41, 5.74) is 2.60. The fourth-order valence-electron chi connectivity index (χ4n) is 3.57. The summed E-state index contributed by atoms with van der Waals surface area (Å²) in [5.74, 6) is 0. The molecule has 1 aromatic carbocycles. The molecule has 0 radical (unpaired) electrons. The minimum Gasteiger partial charge on any atom is -0.336 e. The van der Waals surface area contributed by atoms with Crippen LogP contribution in [-0.4, -0.2) is 55.6 Å². The van der Waals surface area contributed by atoms with Crippen LogP contribution in [0.3, 0.4) is 0 Å². The number of carbonyl (C=O) groups excluding carboxylic acids is 1. The number of thiophene rings is 1. The van der Waals surface area contributed by atoms with E-state index in [1.807, 2.05) is 14.1 Å². The van der Waals surface area contributed by atoms with Crippen molar-refractivity contribution in [2.75, 3.05) is 33.7 Å². The molecular formula is C21H30N4OS. The van der Waals surface area contributed by atoms with Gasteiger partial charge in [-0.3, -0.25) is 4.90 Å². The second kappa shape index (κ2) is 9.88. The summed E-state index contributed by atoms with van der Waals surface area (Å²) in [7, 11) is 4.09. The van der Waals surface area contributed by atoms with E-state index < -0.39 is 0 Å². The third-order valence-electron chi connectivity index (χ3n) is 5.18. The van der Waals surface area contributed by atoms with Crippen molar-refractivity contribution in [2.24, 2.45) is 0 Å². The first-order valence-electron chi connectivity index (χ1n) is 9.61. The van der Waals surface area contributed by atoms with Gasteiger partial charge in [0, 0.05) is 32.2 Å². The standard InChI is InChI=1S/C21H30N4OS/c1-24(2)20(18-10-13-27-16-18)14-22-21(26)23-19-8-11-25(12-9-19)15-17-6-4-3-5-7-17/h3-7,10,13,16,19-20H,8-9,11-12,14-15H2,1-2H3,(H2,22,23,26)/t20-/m0/s1. The Kier molecular flexibility index (Phi) is 7.26. The van der Waals surface area contributed by atoms with E-state index in [1.54, 1.807) is 11.3 Å². The number of hydrogen-bond donors (Lipinski definition) is 2. The lowest BCUT2D eigenvalue weighted by atomic mass is 10.0. The maximum atomic E-state index is 12.3. The van der Waals surface area contributed by atoms with Gasteiger partial charge in [-0.2, -0.15) is 11.3 Å². The van der Waals surface area contributed by atoms with Gasteiger partial charge in [0.2, 0.25) is 0 Å². The van der Waals surface area contributed by atoms with E-state index >= 15 is 0 Å². The molecule has 2 N–H and O–H groups in total. The summed E-state index contributed by atoms with van der Waals surface area (Å²) in [5, 5.41) is 10.4. The molecule has 146 valence electrons. The van der Waals surface area contributed by atoms with Crippen molar-refractivity contribution in [3.05, 3.63) is 58.3 Å². The zero-order valence-electron chi connectivity index (χ0n) is 16.2. The molecule has 2 heterocycles. The van der Waals surface area contributed by atoms with Crippen molar-refractivity contribution < 1.29 is 4.79 Å². The average Bonchev–Trinajstić information content (AvgIpc) is 3.18. The third-order valence-corrected chi connectivity index (χ3v) is 5.88. The molecule has 1 atom stereocenters. The van der Waals surface area contributed by atoms with Crippen LogP contribution in [0.5, 0.6) is 0 Å². The summed E-state index contributed by atoms with van der Waals surface area (Å²) in [4.78, 5) is 16.9. The van der Waals surface area contributed by atoms with E-state index in [0.717, 1.165) is 32.5 Å². The molecule has 1 aliphatic heterocycles. The molecule has 1 aliphatic rings.